The van der Waals surface area contributed by atoms with E-state index in [1.54, 1.807) is 11.3 Å². The van der Waals surface area contributed by atoms with Gasteiger partial charge in [-0.15, -0.1) is 11.3 Å². The van der Waals surface area contributed by atoms with Crippen LogP contribution in [0.5, 0.6) is 0 Å². The van der Waals surface area contributed by atoms with Crippen LogP contribution >= 0.6 is 11.3 Å². The van der Waals surface area contributed by atoms with Crippen molar-refractivity contribution in [3.8, 4) is 0 Å². The molecule has 150 valence electrons. The maximum Gasteiger partial charge on any atom is 0.244 e. The van der Waals surface area contributed by atoms with E-state index in [0.717, 1.165) is 56.9 Å². The van der Waals surface area contributed by atoms with Crippen LogP contribution in [0.1, 0.15) is 17.5 Å². The predicted octanol–water partition coefficient (Wildman–Crippen LogP) is 3.39. The molecule has 1 saturated heterocycles. The van der Waals surface area contributed by atoms with Crippen LogP contribution in [-0.2, 0) is 17.8 Å². The van der Waals surface area contributed by atoms with Crippen molar-refractivity contribution in [2.45, 2.75) is 25.9 Å². The number of piperazine rings is 1. The number of fused-ring (bicyclic) bond motifs is 2. The normalized spacial score (nSPS) is 18.9. The van der Waals surface area contributed by atoms with Crippen molar-refractivity contribution in [1.29, 1.82) is 0 Å². The Balaban J connectivity index is 1.18. The molecule has 0 spiro atoms. The van der Waals surface area contributed by atoms with E-state index in [1.165, 1.54) is 15.3 Å². The Kier molecular flexibility index (Phi) is 5.08. The summed E-state index contributed by atoms with van der Waals surface area (Å²) >= 11 is 1.79. The van der Waals surface area contributed by atoms with E-state index in [4.69, 9.17) is 4.98 Å². The van der Waals surface area contributed by atoms with Crippen LogP contribution in [0, 0.1) is 0 Å². The average Bonchev–Trinajstić information content (AvgIpc) is 3.37. The summed E-state index contributed by atoms with van der Waals surface area (Å²) in [5.41, 5.74) is 3.48. The Morgan fingerprint density at radius 3 is 2.62 bits per heavy atom. The summed E-state index contributed by atoms with van der Waals surface area (Å²) in [5.74, 6) is 0.231. The van der Waals surface area contributed by atoms with E-state index in [2.05, 4.69) is 53.1 Å². The lowest BCUT2D eigenvalue weighted by molar-refractivity contribution is -0.123. The number of thiazole rings is 1. The van der Waals surface area contributed by atoms with Gasteiger partial charge in [-0.25, -0.2) is 4.98 Å². The number of hydrogen-bond acceptors (Lipinski definition) is 5. The van der Waals surface area contributed by atoms with E-state index in [-0.39, 0.29) is 11.9 Å². The molecule has 1 aromatic heterocycles. The fourth-order valence-corrected chi connectivity index (χ4v) is 5.45. The van der Waals surface area contributed by atoms with Crippen molar-refractivity contribution >= 4 is 33.1 Å². The highest BCUT2D eigenvalue weighted by molar-refractivity contribution is 7.18. The van der Waals surface area contributed by atoms with Gasteiger partial charge in [0.05, 0.1) is 22.8 Å². The molecule has 1 amide bonds. The second kappa shape index (κ2) is 7.86. The number of benzene rings is 2. The Hall–Kier alpha value is -2.28. The van der Waals surface area contributed by atoms with Crippen LogP contribution in [0.25, 0.3) is 10.2 Å². The number of rotatable bonds is 4. The molecule has 0 radical (unpaired) electrons. The highest BCUT2D eigenvalue weighted by atomic mass is 32.1. The first-order valence-electron chi connectivity index (χ1n) is 10.4. The third-order valence-electron chi connectivity index (χ3n) is 6.16. The van der Waals surface area contributed by atoms with Gasteiger partial charge in [0.1, 0.15) is 5.01 Å². The van der Waals surface area contributed by atoms with Gasteiger partial charge in [0.15, 0.2) is 0 Å². The van der Waals surface area contributed by atoms with Crippen LogP contribution in [0.3, 0.4) is 0 Å². The molecule has 2 aliphatic heterocycles. The van der Waals surface area contributed by atoms with Crippen LogP contribution in [0.4, 0.5) is 5.69 Å². The molecule has 3 heterocycles. The maximum absolute atomic E-state index is 13.1. The number of amides is 1. The van der Waals surface area contributed by atoms with Gasteiger partial charge in [-0.3, -0.25) is 14.6 Å². The van der Waals surface area contributed by atoms with Crippen molar-refractivity contribution in [1.82, 2.24) is 14.8 Å². The number of carbonyl (C=O) groups is 1. The second-order valence-electron chi connectivity index (χ2n) is 7.93. The molecule has 0 N–H and O–H groups in total. The largest absolute Gasteiger partial charge is 0.310 e. The van der Waals surface area contributed by atoms with Gasteiger partial charge in [-0.1, -0.05) is 30.3 Å². The van der Waals surface area contributed by atoms with Crippen LogP contribution in [-0.4, -0.2) is 59.5 Å². The zero-order valence-electron chi connectivity index (χ0n) is 16.8. The number of para-hydroxylation sites is 2. The topological polar surface area (TPSA) is 39.7 Å². The molecule has 29 heavy (non-hydrogen) atoms. The summed E-state index contributed by atoms with van der Waals surface area (Å²) in [4.78, 5) is 24.7. The summed E-state index contributed by atoms with van der Waals surface area (Å²) in [6.07, 6.45) is 0.963. The summed E-state index contributed by atoms with van der Waals surface area (Å²) < 4.78 is 1.26. The van der Waals surface area contributed by atoms with Crippen LogP contribution in [0.15, 0.2) is 48.5 Å². The minimum Gasteiger partial charge on any atom is -0.310 e. The molecule has 1 unspecified atom stereocenters. The highest BCUT2D eigenvalue weighted by Crippen LogP contribution is 2.29. The zero-order valence-corrected chi connectivity index (χ0v) is 17.6. The molecule has 0 bridgehead atoms. The van der Waals surface area contributed by atoms with Gasteiger partial charge in [0.25, 0.3) is 0 Å². The Bertz CT molecular complexity index is 991. The van der Waals surface area contributed by atoms with E-state index >= 15 is 0 Å². The molecule has 5 rings (SSSR count). The van der Waals surface area contributed by atoms with Gasteiger partial charge >= 0.3 is 0 Å². The second-order valence-corrected chi connectivity index (χ2v) is 9.05. The molecular formula is C23H26N4OS. The quantitative estimate of drug-likeness (QED) is 0.666. The molecule has 5 nitrogen and oxygen atoms in total. The molecule has 0 aliphatic carbocycles. The summed E-state index contributed by atoms with van der Waals surface area (Å²) in [6, 6.07) is 16.5. The minimum atomic E-state index is -0.0780. The average molecular weight is 407 g/mol. The highest BCUT2D eigenvalue weighted by Gasteiger charge is 2.32. The molecule has 3 aromatic rings. The molecule has 6 heteroatoms. The molecule has 2 aromatic carbocycles. The minimum absolute atomic E-state index is 0.0780. The first kappa shape index (κ1) is 18.7. The zero-order chi connectivity index (χ0) is 19.8. The summed E-state index contributed by atoms with van der Waals surface area (Å²) in [5, 5.41) is 1.18. The summed E-state index contributed by atoms with van der Waals surface area (Å²) in [7, 11) is 0. The monoisotopic (exact) mass is 406 g/mol. The lowest BCUT2D eigenvalue weighted by Gasteiger charge is -2.38. The van der Waals surface area contributed by atoms with E-state index in [9.17, 15) is 4.79 Å². The molecule has 2 aliphatic rings. The number of carbonyl (C=O) groups excluding carboxylic acids is 1. The molecule has 1 atom stereocenters. The third-order valence-corrected chi connectivity index (χ3v) is 7.18. The number of aromatic nitrogens is 1. The Morgan fingerprint density at radius 1 is 1.03 bits per heavy atom. The van der Waals surface area contributed by atoms with Crippen molar-refractivity contribution in [2.75, 3.05) is 37.6 Å². The van der Waals surface area contributed by atoms with E-state index < -0.39 is 0 Å². The Labute approximate surface area is 175 Å². The number of anilines is 1. The first-order valence-corrected chi connectivity index (χ1v) is 11.2. The lowest BCUT2D eigenvalue weighted by atomic mass is 10.1. The van der Waals surface area contributed by atoms with Crippen LogP contribution < -0.4 is 4.90 Å². The fraction of sp³-hybridized carbons (Fsp3) is 0.391. The van der Waals surface area contributed by atoms with Gasteiger partial charge in [-0.05, 0) is 37.1 Å². The number of nitrogens with zero attached hydrogens (tertiary/aromatic N) is 4. The fourth-order valence-electron chi connectivity index (χ4n) is 4.44. The van der Waals surface area contributed by atoms with Crippen molar-refractivity contribution in [2.24, 2.45) is 0 Å². The van der Waals surface area contributed by atoms with Gasteiger partial charge in [0.2, 0.25) is 5.91 Å². The molecular weight excluding hydrogens is 380 g/mol. The number of hydrogen-bond donors (Lipinski definition) is 0. The Morgan fingerprint density at radius 2 is 1.79 bits per heavy atom. The predicted molar refractivity (Wildman–Crippen MR) is 118 cm³/mol. The van der Waals surface area contributed by atoms with Crippen molar-refractivity contribution in [3.63, 3.8) is 0 Å². The SMILES string of the molecule is CC(C(=O)N1CCc2ccccc21)N1CCN(Cc2nc3ccccc3s2)CC1. The van der Waals surface area contributed by atoms with E-state index in [1.807, 2.05) is 17.0 Å². The maximum atomic E-state index is 13.1. The third kappa shape index (κ3) is 3.68. The standard InChI is InChI=1S/C23H26N4OS/c1-17(23(28)27-11-10-18-6-2-4-8-20(18)27)26-14-12-25(13-15-26)16-22-24-19-7-3-5-9-21(19)29-22/h2-9,17H,10-16H2,1H3. The van der Waals surface area contributed by atoms with Gasteiger partial charge < -0.3 is 4.90 Å². The van der Waals surface area contributed by atoms with Crippen molar-refractivity contribution < 1.29 is 4.79 Å². The van der Waals surface area contributed by atoms with E-state index in [0.29, 0.717) is 0 Å². The first-order chi connectivity index (χ1) is 14.2. The summed E-state index contributed by atoms with van der Waals surface area (Å²) in [6.45, 7) is 7.57. The van der Waals surface area contributed by atoms with Crippen molar-refractivity contribution in [3.05, 3.63) is 59.1 Å². The lowest BCUT2D eigenvalue weighted by Crippen LogP contribution is -2.54. The molecule has 1 fully saturated rings. The van der Waals surface area contributed by atoms with Gasteiger partial charge in [0, 0.05) is 38.4 Å². The molecule has 0 saturated carbocycles. The van der Waals surface area contributed by atoms with Crippen LogP contribution in [0.2, 0.25) is 0 Å². The smallest absolute Gasteiger partial charge is 0.244 e. The van der Waals surface area contributed by atoms with Gasteiger partial charge in [-0.2, -0.15) is 0 Å².